The van der Waals surface area contributed by atoms with Gasteiger partial charge in [0.1, 0.15) is 0 Å². The van der Waals surface area contributed by atoms with E-state index in [-0.39, 0.29) is 0 Å². The van der Waals surface area contributed by atoms with Crippen molar-refractivity contribution in [3.8, 4) is 0 Å². The van der Waals surface area contributed by atoms with E-state index >= 15 is 0 Å². The molecule has 18 heavy (non-hydrogen) atoms. The van der Waals surface area contributed by atoms with Crippen molar-refractivity contribution in [2.75, 3.05) is 11.1 Å². The van der Waals surface area contributed by atoms with E-state index in [9.17, 15) is 0 Å². The zero-order chi connectivity index (χ0) is 13.3. The Bertz CT molecular complexity index is 595. The molecular formula is C14H14Br2N2. The maximum atomic E-state index is 5.87. The normalized spacial score (nSPS) is 10.4. The van der Waals surface area contributed by atoms with Gasteiger partial charge in [-0.2, -0.15) is 0 Å². The zero-order valence-electron chi connectivity index (χ0n) is 10.2. The molecule has 0 aliphatic heterocycles. The molecule has 0 spiro atoms. The van der Waals surface area contributed by atoms with E-state index < -0.39 is 0 Å². The van der Waals surface area contributed by atoms with Crippen LogP contribution in [0, 0.1) is 13.8 Å². The predicted molar refractivity (Wildman–Crippen MR) is 85.5 cm³/mol. The molecule has 94 valence electrons. The fourth-order valence-corrected chi connectivity index (χ4v) is 2.49. The summed E-state index contributed by atoms with van der Waals surface area (Å²) in [4.78, 5) is 0. The van der Waals surface area contributed by atoms with Crippen LogP contribution >= 0.6 is 31.9 Å². The van der Waals surface area contributed by atoms with Crippen LogP contribution in [0.5, 0.6) is 0 Å². The van der Waals surface area contributed by atoms with Gasteiger partial charge in [0.15, 0.2) is 0 Å². The molecule has 0 heterocycles. The first-order chi connectivity index (χ1) is 8.47. The Hall–Kier alpha value is -1.00. The third-order valence-electron chi connectivity index (χ3n) is 2.82. The van der Waals surface area contributed by atoms with E-state index in [1.165, 1.54) is 5.56 Å². The molecule has 0 unspecified atom stereocenters. The molecule has 2 rings (SSSR count). The summed E-state index contributed by atoms with van der Waals surface area (Å²) in [6.07, 6.45) is 0. The summed E-state index contributed by atoms with van der Waals surface area (Å²) < 4.78 is 2.02. The molecule has 0 fully saturated rings. The second kappa shape index (κ2) is 5.33. The van der Waals surface area contributed by atoms with Gasteiger partial charge in [-0.3, -0.25) is 0 Å². The lowest BCUT2D eigenvalue weighted by Gasteiger charge is -2.13. The lowest BCUT2D eigenvalue weighted by Crippen LogP contribution is -1.97. The van der Waals surface area contributed by atoms with Gasteiger partial charge in [0.05, 0.1) is 5.69 Å². The molecule has 2 aromatic rings. The highest BCUT2D eigenvalue weighted by molar-refractivity contribution is 9.10. The van der Waals surface area contributed by atoms with Gasteiger partial charge in [0.25, 0.3) is 0 Å². The number of anilines is 3. The Labute approximate surface area is 124 Å². The monoisotopic (exact) mass is 368 g/mol. The van der Waals surface area contributed by atoms with E-state index in [0.717, 1.165) is 31.6 Å². The smallest absolute Gasteiger partial charge is 0.0532 e. The number of hydrogen-bond donors (Lipinski definition) is 2. The van der Waals surface area contributed by atoms with Gasteiger partial charge in [0, 0.05) is 20.3 Å². The van der Waals surface area contributed by atoms with Crippen molar-refractivity contribution in [2.45, 2.75) is 13.8 Å². The number of halogens is 2. The highest BCUT2D eigenvalue weighted by Crippen LogP contribution is 2.32. The molecule has 0 bridgehead atoms. The van der Waals surface area contributed by atoms with Crippen LogP contribution in [0.2, 0.25) is 0 Å². The van der Waals surface area contributed by atoms with Crippen molar-refractivity contribution in [3.63, 3.8) is 0 Å². The van der Waals surface area contributed by atoms with Crippen LogP contribution in [0.25, 0.3) is 0 Å². The zero-order valence-corrected chi connectivity index (χ0v) is 13.4. The number of benzene rings is 2. The van der Waals surface area contributed by atoms with Crippen molar-refractivity contribution in [1.82, 2.24) is 0 Å². The van der Waals surface area contributed by atoms with Gasteiger partial charge in [-0.25, -0.2) is 0 Å². The molecular weight excluding hydrogens is 356 g/mol. The lowest BCUT2D eigenvalue weighted by molar-refractivity contribution is 1.39. The number of nitrogen functional groups attached to an aromatic ring is 1. The van der Waals surface area contributed by atoms with Crippen molar-refractivity contribution in [1.29, 1.82) is 0 Å². The second-order valence-corrected chi connectivity index (χ2v) is 6.04. The summed E-state index contributed by atoms with van der Waals surface area (Å²) in [5.74, 6) is 0. The predicted octanol–water partition coefficient (Wildman–Crippen LogP) is 5.15. The van der Waals surface area contributed by atoms with Crippen molar-refractivity contribution >= 4 is 48.9 Å². The Morgan fingerprint density at radius 3 is 2.39 bits per heavy atom. The van der Waals surface area contributed by atoms with Gasteiger partial charge >= 0.3 is 0 Å². The van der Waals surface area contributed by atoms with E-state index in [1.807, 2.05) is 25.1 Å². The average molecular weight is 370 g/mol. The van der Waals surface area contributed by atoms with Crippen molar-refractivity contribution < 1.29 is 0 Å². The summed E-state index contributed by atoms with van der Waals surface area (Å²) in [6.45, 7) is 4.08. The van der Waals surface area contributed by atoms with Gasteiger partial charge in [-0.1, -0.05) is 22.0 Å². The molecule has 0 saturated heterocycles. The minimum absolute atomic E-state index is 0.790. The lowest BCUT2D eigenvalue weighted by atomic mass is 10.1. The first-order valence-corrected chi connectivity index (χ1v) is 7.15. The molecule has 2 nitrogen and oxygen atoms in total. The van der Waals surface area contributed by atoms with Gasteiger partial charge < -0.3 is 11.1 Å². The minimum atomic E-state index is 0.790. The van der Waals surface area contributed by atoms with Crippen LogP contribution in [0.15, 0.2) is 39.3 Å². The quantitative estimate of drug-likeness (QED) is 0.718. The Morgan fingerprint density at radius 1 is 0.944 bits per heavy atom. The fourth-order valence-electron chi connectivity index (χ4n) is 1.67. The van der Waals surface area contributed by atoms with Gasteiger partial charge in [-0.15, -0.1) is 0 Å². The summed E-state index contributed by atoms with van der Waals surface area (Å²) in [6, 6.07) is 10.1. The molecule has 0 aliphatic carbocycles. The van der Waals surface area contributed by atoms with Crippen LogP contribution in [0.4, 0.5) is 17.1 Å². The molecule has 0 aliphatic rings. The molecule has 0 saturated carbocycles. The summed E-state index contributed by atoms with van der Waals surface area (Å²) in [5, 5.41) is 3.42. The first-order valence-electron chi connectivity index (χ1n) is 5.56. The summed E-state index contributed by atoms with van der Waals surface area (Å²) >= 11 is 7.01. The third kappa shape index (κ3) is 2.87. The number of rotatable bonds is 2. The van der Waals surface area contributed by atoms with Gasteiger partial charge in [-0.05, 0) is 65.2 Å². The van der Waals surface area contributed by atoms with Gasteiger partial charge in [0.2, 0.25) is 0 Å². The van der Waals surface area contributed by atoms with Crippen molar-refractivity contribution in [3.05, 3.63) is 50.4 Å². The molecule has 4 heteroatoms. The summed E-state index contributed by atoms with van der Waals surface area (Å²) in [7, 11) is 0. The molecule has 0 aromatic heterocycles. The van der Waals surface area contributed by atoms with Crippen LogP contribution < -0.4 is 11.1 Å². The highest BCUT2D eigenvalue weighted by atomic mass is 79.9. The molecule has 0 atom stereocenters. The Kier molecular flexibility index (Phi) is 3.97. The van der Waals surface area contributed by atoms with E-state index in [2.05, 4.69) is 56.2 Å². The van der Waals surface area contributed by atoms with Crippen molar-refractivity contribution in [2.24, 2.45) is 0 Å². The topological polar surface area (TPSA) is 38.0 Å². The van der Waals surface area contributed by atoms with E-state index in [4.69, 9.17) is 5.73 Å². The minimum Gasteiger partial charge on any atom is -0.398 e. The molecule has 0 radical (unpaired) electrons. The number of nitrogens with two attached hydrogens (primary N) is 1. The average Bonchev–Trinajstić information content (AvgIpc) is 2.30. The van der Waals surface area contributed by atoms with Crippen LogP contribution in [0.3, 0.4) is 0 Å². The van der Waals surface area contributed by atoms with E-state index in [1.54, 1.807) is 0 Å². The molecule has 2 aromatic carbocycles. The first kappa shape index (κ1) is 13.4. The molecule has 3 N–H and O–H groups in total. The number of aryl methyl sites for hydroxylation is 2. The maximum Gasteiger partial charge on any atom is 0.0532 e. The second-order valence-electron chi connectivity index (χ2n) is 4.27. The van der Waals surface area contributed by atoms with E-state index in [0.29, 0.717) is 0 Å². The SMILES string of the molecule is Cc1cc(Nc2cc(Br)ccc2C)c(Br)cc1N. The fraction of sp³-hybridized carbons (Fsp3) is 0.143. The Balaban J connectivity index is 2.40. The third-order valence-corrected chi connectivity index (χ3v) is 3.97. The molecule has 0 amide bonds. The maximum absolute atomic E-state index is 5.87. The van der Waals surface area contributed by atoms with Crippen LogP contribution in [-0.2, 0) is 0 Å². The summed E-state index contributed by atoms with van der Waals surface area (Å²) in [5.41, 5.74) is 11.0. The highest BCUT2D eigenvalue weighted by Gasteiger charge is 2.06. The van der Waals surface area contributed by atoms with Crippen LogP contribution in [0.1, 0.15) is 11.1 Å². The Morgan fingerprint density at radius 2 is 1.67 bits per heavy atom. The van der Waals surface area contributed by atoms with Crippen LogP contribution in [-0.4, -0.2) is 0 Å². The largest absolute Gasteiger partial charge is 0.398 e. The number of nitrogens with one attached hydrogen (secondary N) is 1. The number of hydrogen-bond acceptors (Lipinski definition) is 2. The standard InChI is InChI=1S/C14H14Br2N2/c1-8-3-4-10(15)6-13(8)18-14-5-9(2)12(17)7-11(14)16/h3-7,18H,17H2,1-2H3.